The fourth-order valence-electron chi connectivity index (χ4n) is 10.2. The van der Waals surface area contributed by atoms with Gasteiger partial charge in [0, 0.05) is 0 Å². The fraction of sp³-hybridized carbons (Fsp3) is 0.410. The minimum atomic E-state index is -2.11. The van der Waals surface area contributed by atoms with Gasteiger partial charge in [0.1, 0.15) is 13.8 Å². The Labute approximate surface area is 383 Å². The van der Waals surface area contributed by atoms with Gasteiger partial charge in [-0.25, -0.2) is 0 Å². The van der Waals surface area contributed by atoms with Crippen LogP contribution in [0.2, 0.25) is 12.1 Å². The third-order valence-corrected chi connectivity index (χ3v) is 19.4. The van der Waals surface area contributed by atoms with Crippen molar-refractivity contribution in [2.75, 3.05) is 6.61 Å². The molecule has 63 heavy (non-hydrogen) atoms. The minimum Gasteiger partial charge on any atom is -0.494 e. The Morgan fingerprint density at radius 2 is 0.651 bits per heavy atom. The highest BCUT2D eigenvalue weighted by molar-refractivity contribution is 7.05. The molecule has 0 aliphatic carbocycles. The molecule has 1 aliphatic heterocycles. The summed E-state index contributed by atoms with van der Waals surface area (Å²) in [4.78, 5) is 0. The monoisotopic (exact) mass is 853 g/mol. The molecular formula is C61H76OSi. The highest BCUT2D eigenvalue weighted by Gasteiger charge is 2.44. The van der Waals surface area contributed by atoms with Crippen LogP contribution in [0.3, 0.4) is 0 Å². The molecule has 0 bridgehead atoms. The molecule has 0 fully saturated rings. The predicted octanol–water partition coefficient (Wildman–Crippen LogP) is 17.7. The number of unbranched alkanes of at least 4 members (excludes halogenated alkanes) is 15. The first-order valence-electron chi connectivity index (χ1n) is 25.3. The normalized spacial score (nSPS) is 12.6. The van der Waals surface area contributed by atoms with Crippen molar-refractivity contribution < 1.29 is 4.74 Å². The first kappa shape index (κ1) is 46.3. The van der Waals surface area contributed by atoms with E-state index in [1.807, 2.05) is 0 Å². The number of hydrogen-bond acceptors (Lipinski definition) is 1. The summed E-state index contributed by atoms with van der Waals surface area (Å²) in [5.74, 6) is 0.973. The van der Waals surface area contributed by atoms with Crippen LogP contribution in [0.25, 0.3) is 55.6 Å². The molecule has 7 rings (SSSR count). The van der Waals surface area contributed by atoms with Crippen molar-refractivity contribution in [3.05, 3.63) is 139 Å². The van der Waals surface area contributed by atoms with E-state index in [9.17, 15) is 0 Å². The van der Waals surface area contributed by atoms with Crippen molar-refractivity contribution in [2.24, 2.45) is 0 Å². The smallest absolute Gasteiger partial charge is 0.119 e. The minimum absolute atomic E-state index is 0.804. The fourth-order valence-corrected chi connectivity index (χ4v) is 15.9. The summed E-state index contributed by atoms with van der Waals surface area (Å²) in [6.07, 6.45) is 23.9. The molecule has 6 aromatic rings. The Hall–Kier alpha value is -4.66. The maximum atomic E-state index is 6.10. The molecule has 330 valence electrons. The summed E-state index contributed by atoms with van der Waals surface area (Å²) >= 11 is 0. The van der Waals surface area contributed by atoms with E-state index in [1.54, 1.807) is 10.4 Å². The van der Waals surface area contributed by atoms with Gasteiger partial charge in [0.25, 0.3) is 0 Å². The third-order valence-electron chi connectivity index (χ3n) is 14.1. The van der Waals surface area contributed by atoms with Crippen LogP contribution >= 0.6 is 0 Å². The second-order valence-electron chi connectivity index (χ2n) is 18.8. The molecule has 0 aromatic heterocycles. The van der Waals surface area contributed by atoms with Gasteiger partial charge in [-0.1, -0.05) is 257 Å². The topological polar surface area (TPSA) is 9.23 Å². The van der Waals surface area contributed by atoms with Crippen LogP contribution in [0.1, 0.15) is 142 Å². The van der Waals surface area contributed by atoms with E-state index in [0.29, 0.717) is 0 Å². The summed E-state index contributed by atoms with van der Waals surface area (Å²) in [6, 6.07) is 54.2. The highest BCUT2D eigenvalue weighted by Crippen LogP contribution is 2.39. The maximum Gasteiger partial charge on any atom is 0.119 e. The van der Waals surface area contributed by atoms with Gasteiger partial charge in [0.15, 0.2) is 0 Å². The number of ether oxygens (including phenoxy) is 1. The van der Waals surface area contributed by atoms with Crippen molar-refractivity contribution in [1.82, 2.24) is 0 Å². The van der Waals surface area contributed by atoms with Crippen molar-refractivity contribution in [3.8, 4) is 61.4 Å². The van der Waals surface area contributed by atoms with Crippen molar-refractivity contribution >= 4 is 18.4 Å². The van der Waals surface area contributed by atoms with E-state index >= 15 is 0 Å². The van der Waals surface area contributed by atoms with Crippen LogP contribution in [0.15, 0.2) is 133 Å². The lowest BCUT2D eigenvalue weighted by molar-refractivity contribution is 0.304. The maximum absolute atomic E-state index is 6.10. The van der Waals surface area contributed by atoms with E-state index in [4.69, 9.17) is 4.74 Å². The standard InChI is InChI=1S/C61H76OSi/c1-5-8-11-14-17-20-43-62-57-39-35-52(36-40-57)51-29-33-54(34-30-51)56-38-42-59-58-41-37-55(53-31-27-50(28-32-53)49-25-23-48(4)24-26-49)46-60(58)63(61(59)47-56,44-21-18-15-12-9-6-2)45-22-19-16-13-10-7-3/h23-42,46-47H,5-22,43-45H2,1-4H3. The van der Waals surface area contributed by atoms with Gasteiger partial charge in [-0.05, 0) is 104 Å². The van der Waals surface area contributed by atoms with Gasteiger partial charge in [-0.2, -0.15) is 0 Å². The van der Waals surface area contributed by atoms with Gasteiger partial charge < -0.3 is 4.74 Å². The zero-order chi connectivity index (χ0) is 43.7. The van der Waals surface area contributed by atoms with Gasteiger partial charge in [0.05, 0.1) is 6.61 Å². The van der Waals surface area contributed by atoms with Crippen LogP contribution in [-0.2, 0) is 0 Å². The van der Waals surface area contributed by atoms with Gasteiger partial charge in [-0.3, -0.25) is 0 Å². The Balaban J connectivity index is 1.16. The Morgan fingerprint density at radius 1 is 0.333 bits per heavy atom. The lowest BCUT2D eigenvalue weighted by Gasteiger charge is -2.31. The van der Waals surface area contributed by atoms with Gasteiger partial charge in [-0.15, -0.1) is 0 Å². The number of benzene rings is 6. The Kier molecular flexibility index (Phi) is 17.5. The molecule has 1 aliphatic rings. The molecule has 0 N–H and O–H groups in total. The summed E-state index contributed by atoms with van der Waals surface area (Å²) in [5.41, 5.74) is 14.7. The number of rotatable bonds is 26. The highest BCUT2D eigenvalue weighted by atomic mass is 28.3. The van der Waals surface area contributed by atoms with E-state index in [0.717, 1.165) is 18.8 Å². The number of hydrogen-bond donors (Lipinski definition) is 0. The summed E-state index contributed by atoms with van der Waals surface area (Å²) in [5, 5.41) is 3.40. The van der Waals surface area contributed by atoms with Crippen LogP contribution in [0.5, 0.6) is 5.75 Å². The predicted molar refractivity (Wildman–Crippen MR) is 279 cm³/mol. The molecule has 0 unspecified atom stereocenters. The quantitative estimate of drug-likeness (QED) is 0.0390. The first-order chi connectivity index (χ1) is 31.0. The Morgan fingerprint density at radius 3 is 1.06 bits per heavy atom. The second kappa shape index (κ2) is 23.9. The van der Waals surface area contributed by atoms with Crippen molar-refractivity contribution in [3.63, 3.8) is 0 Å². The van der Waals surface area contributed by atoms with Gasteiger partial charge in [0.2, 0.25) is 0 Å². The zero-order valence-corrected chi connectivity index (χ0v) is 40.5. The second-order valence-corrected chi connectivity index (χ2v) is 23.0. The largest absolute Gasteiger partial charge is 0.494 e. The van der Waals surface area contributed by atoms with E-state index < -0.39 is 8.07 Å². The molecular weight excluding hydrogens is 777 g/mol. The summed E-state index contributed by atoms with van der Waals surface area (Å²) in [6.45, 7) is 9.90. The molecule has 0 saturated carbocycles. The Bertz CT molecular complexity index is 2250. The van der Waals surface area contributed by atoms with E-state index in [-0.39, 0.29) is 0 Å². The lowest BCUT2D eigenvalue weighted by atomic mass is 9.96. The zero-order valence-electron chi connectivity index (χ0n) is 39.5. The van der Waals surface area contributed by atoms with E-state index in [1.165, 1.54) is 182 Å². The molecule has 1 nitrogen and oxygen atoms in total. The number of aryl methyl sites for hydroxylation is 1. The lowest BCUT2D eigenvalue weighted by Crippen LogP contribution is -2.55. The molecule has 1 heterocycles. The van der Waals surface area contributed by atoms with Crippen molar-refractivity contribution in [1.29, 1.82) is 0 Å². The number of fused-ring (bicyclic) bond motifs is 3. The molecule has 0 radical (unpaired) electrons. The van der Waals surface area contributed by atoms with Crippen LogP contribution in [0.4, 0.5) is 0 Å². The van der Waals surface area contributed by atoms with Gasteiger partial charge >= 0.3 is 0 Å². The van der Waals surface area contributed by atoms with Crippen molar-refractivity contribution in [2.45, 2.75) is 155 Å². The van der Waals surface area contributed by atoms with Crippen LogP contribution in [0, 0.1) is 6.92 Å². The van der Waals surface area contributed by atoms with Crippen LogP contribution < -0.4 is 15.1 Å². The van der Waals surface area contributed by atoms with E-state index in [2.05, 4.69) is 161 Å². The molecule has 0 atom stereocenters. The molecule has 2 heteroatoms. The molecule has 0 spiro atoms. The molecule has 0 saturated heterocycles. The summed E-state index contributed by atoms with van der Waals surface area (Å²) in [7, 11) is -2.11. The average Bonchev–Trinajstić information content (AvgIpc) is 3.59. The molecule has 6 aromatic carbocycles. The SMILES string of the molecule is CCCCCCCCOc1ccc(-c2ccc(-c3ccc4c(c3)[Si](CCCCCCCC)(CCCCCCCC)c3cc(-c5ccc(-c6ccc(C)cc6)cc5)ccc3-4)cc2)cc1. The summed E-state index contributed by atoms with van der Waals surface area (Å²) < 4.78 is 6.10. The molecule has 0 amide bonds. The van der Waals surface area contributed by atoms with Crippen LogP contribution in [-0.4, -0.2) is 14.7 Å². The third kappa shape index (κ3) is 12.1. The average molecular weight is 853 g/mol. The first-order valence-corrected chi connectivity index (χ1v) is 27.7.